The van der Waals surface area contributed by atoms with E-state index < -0.39 is 0 Å². The van der Waals surface area contributed by atoms with Crippen LogP contribution in [0.4, 0.5) is 0 Å². The van der Waals surface area contributed by atoms with Crippen LogP contribution in [0.2, 0.25) is 0 Å². The Morgan fingerprint density at radius 2 is 1.44 bits per heavy atom. The first kappa shape index (κ1) is 21.0. The molecule has 1 atom stereocenters. The highest BCUT2D eigenvalue weighted by atomic mass is 16.6. The van der Waals surface area contributed by atoms with Crippen molar-refractivity contribution in [1.29, 1.82) is 0 Å². The highest BCUT2D eigenvalue weighted by molar-refractivity contribution is 5.72. The van der Waals surface area contributed by atoms with Gasteiger partial charge in [0.1, 0.15) is 18.5 Å². The Kier molecular flexibility index (Phi) is 8.34. The Balaban J connectivity index is 2.01. The minimum absolute atomic E-state index is 0.227. The highest BCUT2D eigenvalue weighted by Crippen LogP contribution is 2.13. The van der Waals surface area contributed by atoms with Gasteiger partial charge in [0, 0.05) is 18.6 Å². The molecule has 0 bridgehead atoms. The van der Waals surface area contributed by atoms with Crippen molar-refractivity contribution in [1.82, 2.24) is 4.90 Å². The SMILES string of the molecule is CC(C)N(C[C@H](COc1ccccc1)OC(=O)Cc1ccccc1)C(C)C. The molecule has 0 aliphatic rings. The van der Waals surface area contributed by atoms with E-state index in [-0.39, 0.29) is 18.5 Å². The van der Waals surface area contributed by atoms with Crippen molar-refractivity contribution in [3.8, 4) is 5.75 Å². The molecule has 0 unspecified atom stereocenters. The lowest BCUT2D eigenvalue weighted by atomic mass is 10.1. The fourth-order valence-electron chi connectivity index (χ4n) is 3.07. The van der Waals surface area contributed by atoms with Crippen molar-refractivity contribution in [2.75, 3.05) is 13.2 Å². The monoisotopic (exact) mass is 369 g/mol. The van der Waals surface area contributed by atoms with Crippen molar-refractivity contribution in [3.05, 3.63) is 66.2 Å². The zero-order valence-corrected chi connectivity index (χ0v) is 16.8. The van der Waals surface area contributed by atoms with Gasteiger partial charge in [-0.15, -0.1) is 0 Å². The molecule has 2 aromatic rings. The summed E-state index contributed by atoms with van der Waals surface area (Å²) in [6, 6.07) is 20.0. The van der Waals surface area contributed by atoms with Crippen LogP contribution in [0.5, 0.6) is 5.75 Å². The third kappa shape index (κ3) is 7.43. The van der Waals surface area contributed by atoms with E-state index in [4.69, 9.17) is 9.47 Å². The standard InChI is InChI=1S/C23H31NO3/c1-18(2)24(19(3)4)16-22(17-26-21-13-9-6-10-14-21)27-23(25)15-20-11-7-5-8-12-20/h5-14,18-19,22H,15-17H2,1-4H3/t22-/m1/s1. The second-order valence-electron chi connectivity index (χ2n) is 7.28. The third-order valence-electron chi connectivity index (χ3n) is 4.41. The van der Waals surface area contributed by atoms with E-state index in [1.54, 1.807) is 0 Å². The second kappa shape index (κ2) is 10.7. The number of carbonyl (C=O) groups is 1. The van der Waals surface area contributed by atoms with Crippen molar-refractivity contribution in [2.24, 2.45) is 0 Å². The molecule has 0 N–H and O–H groups in total. The average Bonchev–Trinajstić information content (AvgIpc) is 2.65. The van der Waals surface area contributed by atoms with Crippen molar-refractivity contribution < 1.29 is 14.3 Å². The molecule has 0 amide bonds. The third-order valence-corrected chi connectivity index (χ3v) is 4.41. The lowest BCUT2D eigenvalue weighted by Crippen LogP contribution is -2.45. The molecule has 0 aromatic heterocycles. The summed E-state index contributed by atoms with van der Waals surface area (Å²) in [6.45, 7) is 9.59. The van der Waals surface area contributed by atoms with E-state index >= 15 is 0 Å². The topological polar surface area (TPSA) is 38.8 Å². The van der Waals surface area contributed by atoms with Crippen LogP contribution in [0.15, 0.2) is 60.7 Å². The van der Waals surface area contributed by atoms with E-state index in [1.807, 2.05) is 60.7 Å². The molecule has 0 fully saturated rings. The molecule has 0 aliphatic carbocycles. The van der Waals surface area contributed by atoms with Crippen LogP contribution in [-0.4, -0.2) is 42.2 Å². The summed E-state index contributed by atoms with van der Waals surface area (Å²) in [4.78, 5) is 14.8. The second-order valence-corrected chi connectivity index (χ2v) is 7.28. The number of nitrogens with zero attached hydrogens (tertiary/aromatic N) is 1. The summed E-state index contributed by atoms with van der Waals surface area (Å²) < 4.78 is 11.7. The van der Waals surface area contributed by atoms with Crippen molar-refractivity contribution >= 4 is 5.97 Å². The Morgan fingerprint density at radius 3 is 2.00 bits per heavy atom. The molecular weight excluding hydrogens is 338 g/mol. The first-order chi connectivity index (χ1) is 13.0. The Bertz CT molecular complexity index is 663. The predicted molar refractivity (Wildman–Crippen MR) is 109 cm³/mol. The largest absolute Gasteiger partial charge is 0.490 e. The van der Waals surface area contributed by atoms with Gasteiger partial charge in [0.2, 0.25) is 0 Å². The highest BCUT2D eigenvalue weighted by Gasteiger charge is 2.23. The molecule has 2 aromatic carbocycles. The molecule has 2 rings (SSSR count). The van der Waals surface area contributed by atoms with Crippen LogP contribution in [0.25, 0.3) is 0 Å². The normalized spacial score (nSPS) is 12.4. The number of ether oxygens (including phenoxy) is 2. The van der Waals surface area contributed by atoms with Crippen LogP contribution in [-0.2, 0) is 16.0 Å². The zero-order chi connectivity index (χ0) is 19.6. The van der Waals surface area contributed by atoms with Gasteiger partial charge < -0.3 is 9.47 Å². The van der Waals surface area contributed by atoms with E-state index in [9.17, 15) is 4.79 Å². The number of hydrogen-bond acceptors (Lipinski definition) is 4. The van der Waals surface area contributed by atoms with Gasteiger partial charge in [-0.25, -0.2) is 0 Å². The molecule has 0 radical (unpaired) electrons. The first-order valence-corrected chi connectivity index (χ1v) is 9.62. The molecule has 0 aliphatic heterocycles. The molecule has 4 nitrogen and oxygen atoms in total. The van der Waals surface area contributed by atoms with Crippen molar-refractivity contribution in [2.45, 2.75) is 52.3 Å². The minimum Gasteiger partial charge on any atom is -0.490 e. The molecular formula is C23H31NO3. The van der Waals surface area contributed by atoms with Crippen LogP contribution < -0.4 is 4.74 Å². The molecule has 0 heterocycles. The maximum Gasteiger partial charge on any atom is 0.310 e. The van der Waals surface area contributed by atoms with Gasteiger partial charge in [0.05, 0.1) is 6.42 Å². The average molecular weight is 370 g/mol. The fraction of sp³-hybridized carbons (Fsp3) is 0.435. The summed E-state index contributed by atoms with van der Waals surface area (Å²) in [5.74, 6) is 0.553. The summed E-state index contributed by atoms with van der Waals surface area (Å²) in [7, 11) is 0. The molecule has 0 saturated heterocycles. The van der Waals surface area contributed by atoms with E-state index in [0.717, 1.165) is 11.3 Å². The van der Waals surface area contributed by atoms with E-state index in [2.05, 4.69) is 32.6 Å². The number of rotatable bonds is 10. The molecule has 146 valence electrons. The number of esters is 1. The Labute approximate surface area is 163 Å². The van der Waals surface area contributed by atoms with Crippen molar-refractivity contribution in [3.63, 3.8) is 0 Å². The smallest absolute Gasteiger partial charge is 0.310 e. The number of para-hydroxylation sites is 1. The fourth-order valence-corrected chi connectivity index (χ4v) is 3.07. The first-order valence-electron chi connectivity index (χ1n) is 9.62. The summed E-state index contributed by atoms with van der Waals surface area (Å²) in [5.41, 5.74) is 0.954. The van der Waals surface area contributed by atoms with Crippen LogP contribution in [0, 0.1) is 0 Å². The predicted octanol–water partition coefficient (Wildman–Crippen LogP) is 4.34. The van der Waals surface area contributed by atoms with Gasteiger partial charge in [-0.3, -0.25) is 9.69 Å². The van der Waals surface area contributed by atoms with Gasteiger partial charge >= 0.3 is 5.97 Å². The quantitative estimate of drug-likeness (QED) is 0.584. The maximum atomic E-state index is 12.5. The Morgan fingerprint density at radius 1 is 0.889 bits per heavy atom. The van der Waals surface area contributed by atoms with Gasteiger partial charge in [-0.1, -0.05) is 48.5 Å². The summed E-state index contributed by atoms with van der Waals surface area (Å²) >= 11 is 0. The van der Waals surface area contributed by atoms with Gasteiger partial charge in [-0.2, -0.15) is 0 Å². The van der Waals surface area contributed by atoms with Gasteiger partial charge in [0.25, 0.3) is 0 Å². The molecule has 27 heavy (non-hydrogen) atoms. The molecule has 4 heteroatoms. The lowest BCUT2D eigenvalue weighted by molar-refractivity contribution is -0.151. The summed E-state index contributed by atoms with van der Waals surface area (Å²) in [6.07, 6.45) is -0.0577. The van der Waals surface area contributed by atoms with E-state index in [1.165, 1.54) is 0 Å². The van der Waals surface area contributed by atoms with E-state index in [0.29, 0.717) is 25.2 Å². The lowest BCUT2D eigenvalue weighted by Gasteiger charge is -2.33. The maximum absolute atomic E-state index is 12.5. The number of carbonyl (C=O) groups excluding carboxylic acids is 1. The van der Waals surface area contributed by atoms with Crippen LogP contribution >= 0.6 is 0 Å². The van der Waals surface area contributed by atoms with Gasteiger partial charge in [-0.05, 0) is 45.4 Å². The van der Waals surface area contributed by atoms with Crippen LogP contribution in [0.1, 0.15) is 33.3 Å². The Hall–Kier alpha value is -2.33. The zero-order valence-electron chi connectivity index (χ0n) is 16.8. The van der Waals surface area contributed by atoms with Crippen LogP contribution in [0.3, 0.4) is 0 Å². The number of hydrogen-bond donors (Lipinski definition) is 0. The van der Waals surface area contributed by atoms with Gasteiger partial charge in [0.15, 0.2) is 0 Å². The summed E-state index contributed by atoms with van der Waals surface area (Å²) in [5, 5.41) is 0. The molecule has 0 spiro atoms. The number of benzene rings is 2. The molecule has 0 saturated carbocycles. The minimum atomic E-state index is -0.328.